The molecule has 2 N–H and O–H groups in total. The lowest BCUT2D eigenvalue weighted by molar-refractivity contribution is 0.0954. The molecule has 1 heterocycles. The van der Waals surface area contributed by atoms with Gasteiger partial charge in [-0.1, -0.05) is 24.3 Å². The molecule has 0 atom stereocenters. The number of carbonyl (C=O) groups is 2. The first kappa shape index (κ1) is 17.4. The molecule has 0 bridgehead atoms. The molecule has 0 aliphatic heterocycles. The molecule has 0 spiro atoms. The zero-order valence-corrected chi connectivity index (χ0v) is 14.7. The molecule has 3 aromatic rings. The monoisotopic (exact) mass is 348 g/mol. The number of para-hydroxylation sites is 1. The lowest BCUT2D eigenvalue weighted by atomic mass is 10.1. The summed E-state index contributed by atoms with van der Waals surface area (Å²) in [6, 6.07) is 16.5. The minimum Gasteiger partial charge on any atom is -0.352 e. The van der Waals surface area contributed by atoms with Gasteiger partial charge in [-0.2, -0.15) is 5.10 Å². The fraction of sp³-hybridized carbons (Fsp3) is 0.150. The van der Waals surface area contributed by atoms with Crippen LogP contribution in [0.25, 0.3) is 5.69 Å². The van der Waals surface area contributed by atoms with Crippen LogP contribution in [0.4, 0.5) is 5.69 Å². The summed E-state index contributed by atoms with van der Waals surface area (Å²) in [5.41, 5.74) is 3.18. The number of nitrogens with zero attached hydrogens (tertiary/aromatic N) is 2. The summed E-state index contributed by atoms with van der Waals surface area (Å²) in [5, 5.41) is 9.88. The second-order valence-corrected chi connectivity index (χ2v) is 5.79. The van der Waals surface area contributed by atoms with Crippen molar-refractivity contribution in [2.24, 2.45) is 0 Å². The van der Waals surface area contributed by atoms with Crippen molar-refractivity contribution in [2.45, 2.75) is 13.8 Å². The topological polar surface area (TPSA) is 76.0 Å². The molecule has 2 amide bonds. The smallest absolute Gasteiger partial charge is 0.259 e. The highest BCUT2D eigenvalue weighted by Gasteiger charge is 2.16. The van der Waals surface area contributed by atoms with Crippen LogP contribution in [-0.4, -0.2) is 28.1 Å². The van der Waals surface area contributed by atoms with E-state index in [1.165, 1.54) is 0 Å². The van der Waals surface area contributed by atoms with Crippen molar-refractivity contribution in [3.8, 4) is 5.69 Å². The van der Waals surface area contributed by atoms with Gasteiger partial charge in [0.2, 0.25) is 0 Å². The van der Waals surface area contributed by atoms with Crippen LogP contribution in [0.3, 0.4) is 0 Å². The SMILES string of the molecule is CCNC(=O)c1cccc(NC(=O)c2cnn(-c3ccccc3)c2C)c1. The molecule has 0 saturated carbocycles. The van der Waals surface area contributed by atoms with Crippen LogP contribution < -0.4 is 10.6 Å². The molecule has 0 radical (unpaired) electrons. The molecule has 6 heteroatoms. The number of rotatable bonds is 5. The zero-order valence-electron chi connectivity index (χ0n) is 14.7. The van der Waals surface area contributed by atoms with Crippen molar-refractivity contribution in [1.29, 1.82) is 0 Å². The Balaban J connectivity index is 1.80. The molecule has 0 saturated heterocycles. The maximum absolute atomic E-state index is 12.6. The quantitative estimate of drug-likeness (QED) is 0.743. The number of aromatic nitrogens is 2. The molecule has 0 aliphatic carbocycles. The number of benzene rings is 2. The van der Waals surface area contributed by atoms with Crippen molar-refractivity contribution in [2.75, 3.05) is 11.9 Å². The van der Waals surface area contributed by atoms with Gasteiger partial charge in [-0.05, 0) is 44.2 Å². The molecule has 2 aromatic carbocycles. The Kier molecular flexibility index (Phi) is 5.12. The van der Waals surface area contributed by atoms with Crippen LogP contribution in [-0.2, 0) is 0 Å². The minimum atomic E-state index is -0.266. The van der Waals surface area contributed by atoms with Gasteiger partial charge < -0.3 is 10.6 Å². The summed E-state index contributed by atoms with van der Waals surface area (Å²) in [7, 11) is 0. The van der Waals surface area contributed by atoms with E-state index in [-0.39, 0.29) is 11.8 Å². The van der Waals surface area contributed by atoms with Gasteiger partial charge in [0.1, 0.15) is 0 Å². The fourth-order valence-corrected chi connectivity index (χ4v) is 2.66. The van der Waals surface area contributed by atoms with Gasteiger partial charge in [0.05, 0.1) is 23.1 Å². The van der Waals surface area contributed by atoms with E-state index in [0.717, 1.165) is 11.4 Å². The van der Waals surface area contributed by atoms with Crippen LogP contribution in [0, 0.1) is 6.92 Å². The predicted octanol–water partition coefficient (Wildman–Crippen LogP) is 3.18. The van der Waals surface area contributed by atoms with Crippen molar-refractivity contribution in [3.63, 3.8) is 0 Å². The van der Waals surface area contributed by atoms with Crippen molar-refractivity contribution in [1.82, 2.24) is 15.1 Å². The first-order chi connectivity index (χ1) is 12.6. The zero-order chi connectivity index (χ0) is 18.5. The van der Waals surface area contributed by atoms with Gasteiger partial charge in [0.15, 0.2) is 0 Å². The maximum atomic E-state index is 12.6. The van der Waals surface area contributed by atoms with Gasteiger partial charge in [-0.15, -0.1) is 0 Å². The van der Waals surface area contributed by atoms with E-state index >= 15 is 0 Å². The normalized spacial score (nSPS) is 10.4. The summed E-state index contributed by atoms with van der Waals surface area (Å²) >= 11 is 0. The number of hydrogen-bond acceptors (Lipinski definition) is 3. The molecule has 132 valence electrons. The van der Waals surface area contributed by atoms with E-state index in [1.807, 2.05) is 44.2 Å². The average molecular weight is 348 g/mol. The Hall–Kier alpha value is -3.41. The van der Waals surface area contributed by atoms with E-state index in [2.05, 4.69) is 15.7 Å². The third-order valence-electron chi connectivity index (χ3n) is 3.98. The van der Waals surface area contributed by atoms with Crippen molar-refractivity contribution < 1.29 is 9.59 Å². The van der Waals surface area contributed by atoms with Crippen LogP contribution in [0.1, 0.15) is 33.3 Å². The molecule has 26 heavy (non-hydrogen) atoms. The molecule has 0 fully saturated rings. The van der Waals surface area contributed by atoms with E-state index in [4.69, 9.17) is 0 Å². The van der Waals surface area contributed by atoms with E-state index in [0.29, 0.717) is 23.4 Å². The highest BCUT2D eigenvalue weighted by atomic mass is 16.2. The summed E-state index contributed by atoms with van der Waals surface area (Å²) in [6.45, 7) is 4.25. The standard InChI is InChI=1S/C20H20N4O2/c1-3-21-19(25)15-8-7-9-16(12-15)23-20(26)18-13-22-24(14(18)2)17-10-5-4-6-11-17/h4-13H,3H2,1-2H3,(H,21,25)(H,23,26). The van der Waals surface area contributed by atoms with Crippen LogP contribution in [0.5, 0.6) is 0 Å². The van der Waals surface area contributed by atoms with Crippen LogP contribution in [0.15, 0.2) is 60.8 Å². The second-order valence-electron chi connectivity index (χ2n) is 5.79. The summed E-state index contributed by atoms with van der Waals surface area (Å²) in [5.74, 6) is -0.436. The third-order valence-corrected chi connectivity index (χ3v) is 3.98. The van der Waals surface area contributed by atoms with Gasteiger partial charge in [0, 0.05) is 17.8 Å². The number of hydrogen-bond donors (Lipinski definition) is 2. The second kappa shape index (κ2) is 7.65. The van der Waals surface area contributed by atoms with Gasteiger partial charge in [-0.3, -0.25) is 9.59 Å². The largest absolute Gasteiger partial charge is 0.352 e. The van der Waals surface area contributed by atoms with Gasteiger partial charge in [0.25, 0.3) is 11.8 Å². The van der Waals surface area contributed by atoms with E-state index in [9.17, 15) is 9.59 Å². The Labute approximate surface area is 151 Å². The molecular weight excluding hydrogens is 328 g/mol. The lowest BCUT2D eigenvalue weighted by Gasteiger charge is -2.08. The van der Waals surface area contributed by atoms with Gasteiger partial charge >= 0.3 is 0 Å². The first-order valence-corrected chi connectivity index (χ1v) is 8.40. The molecule has 3 rings (SSSR count). The Morgan fingerprint density at radius 3 is 2.54 bits per heavy atom. The number of anilines is 1. The van der Waals surface area contributed by atoms with E-state index in [1.54, 1.807) is 35.1 Å². The maximum Gasteiger partial charge on any atom is 0.259 e. The number of amides is 2. The molecule has 0 unspecified atom stereocenters. The summed E-state index contributed by atoms with van der Waals surface area (Å²) < 4.78 is 1.72. The van der Waals surface area contributed by atoms with Crippen molar-refractivity contribution in [3.05, 3.63) is 77.6 Å². The lowest BCUT2D eigenvalue weighted by Crippen LogP contribution is -2.22. The number of nitrogens with one attached hydrogen (secondary N) is 2. The average Bonchev–Trinajstić information content (AvgIpc) is 3.04. The fourth-order valence-electron chi connectivity index (χ4n) is 2.66. The van der Waals surface area contributed by atoms with Crippen LogP contribution in [0.2, 0.25) is 0 Å². The van der Waals surface area contributed by atoms with Crippen molar-refractivity contribution >= 4 is 17.5 Å². The Bertz CT molecular complexity index is 932. The molecule has 1 aromatic heterocycles. The molecule has 0 aliphatic rings. The third kappa shape index (κ3) is 3.64. The molecular formula is C20H20N4O2. The van der Waals surface area contributed by atoms with E-state index < -0.39 is 0 Å². The van der Waals surface area contributed by atoms with Crippen LogP contribution >= 0.6 is 0 Å². The number of carbonyl (C=O) groups excluding carboxylic acids is 2. The Morgan fingerprint density at radius 2 is 1.81 bits per heavy atom. The highest BCUT2D eigenvalue weighted by Crippen LogP contribution is 2.17. The highest BCUT2D eigenvalue weighted by molar-refractivity contribution is 6.05. The minimum absolute atomic E-state index is 0.170. The predicted molar refractivity (Wildman–Crippen MR) is 101 cm³/mol. The Morgan fingerprint density at radius 1 is 1.04 bits per heavy atom. The first-order valence-electron chi connectivity index (χ1n) is 8.40. The van der Waals surface area contributed by atoms with Gasteiger partial charge in [-0.25, -0.2) is 4.68 Å². The summed E-state index contributed by atoms with van der Waals surface area (Å²) in [4.78, 5) is 24.6. The summed E-state index contributed by atoms with van der Waals surface area (Å²) in [6.07, 6.45) is 1.55. The molecule has 6 nitrogen and oxygen atoms in total.